The van der Waals surface area contributed by atoms with Crippen molar-refractivity contribution in [3.05, 3.63) is 0 Å². The van der Waals surface area contributed by atoms with Crippen LogP contribution in [0.25, 0.3) is 0 Å². The number of rotatable bonds is 10. The molecule has 1 saturated heterocycles. The van der Waals surface area contributed by atoms with E-state index in [0.29, 0.717) is 12.7 Å². The van der Waals surface area contributed by atoms with Crippen molar-refractivity contribution in [2.45, 2.75) is 65.1 Å². The van der Waals surface area contributed by atoms with Crippen molar-refractivity contribution in [2.24, 2.45) is 0 Å². The Morgan fingerprint density at radius 3 is 2.71 bits per heavy atom. The molecule has 0 saturated carbocycles. The van der Waals surface area contributed by atoms with Crippen LogP contribution in [0.3, 0.4) is 0 Å². The molecule has 1 N–H and O–H groups in total. The lowest BCUT2D eigenvalue weighted by molar-refractivity contribution is -0.146. The van der Waals surface area contributed by atoms with Crippen LogP contribution in [-0.4, -0.2) is 61.9 Å². The highest BCUT2D eigenvalue weighted by molar-refractivity contribution is 5.75. The van der Waals surface area contributed by atoms with Crippen LogP contribution in [-0.2, 0) is 14.3 Å². The van der Waals surface area contributed by atoms with Gasteiger partial charge in [0, 0.05) is 25.7 Å². The van der Waals surface area contributed by atoms with E-state index in [4.69, 9.17) is 9.47 Å². The highest BCUT2D eigenvalue weighted by Crippen LogP contribution is 2.13. The van der Waals surface area contributed by atoms with Crippen molar-refractivity contribution in [3.63, 3.8) is 0 Å². The zero-order valence-electron chi connectivity index (χ0n) is 14.1. The second-order valence-corrected chi connectivity index (χ2v) is 5.94. The minimum Gasteiger partial charge on any atom is -0.465 e. The fourth-order valence-corrected chi connectivity index (χ4v) is 2.68. The van der Waals surface area contributed by atoms with E-state index in [0.717, 1.165) is 39.1 Å². The molecule has 5 nitrogen and oxygen atoms in total. The summed E-state index contributed by atoms with van der Waals surface area (Å²) in [5.74, 6) is -0.139. The normalized spacial score (nSPS) is 20.2. The van der Waals surface area contributed by atoms with E-state index in [9.17, 15) is 4.79 Å². The number of nitrogens with zero attached hydrogens (tertiary/aromatic N) is 1. The Morgan fingerprint density at radius 2 is 2.19 bits per heavy atom. The van der Waals surface area contributed by atoms with Crippen LogP contribution in [0.4, 0.5) is 0 Å². The van der Waals surface area contributed by atoms with Gasteiger partial charge in [0.2, 0.25) is 0 Å². The maximum absolute atomic E-state index is 12.0. The Balaban J connectivity index is 2.42. The molecule has 0 radical (unpaired) electrons. The first-order valence-corrected chi connectivity index (χ1v) is 8.33. The summed E-state index contributed by atoms with van der Waals surface area (Å²) in [5, 5.41) is 3.31. The van der Waals surface area contributed by atoms with Gasteiger partial charge in [0.25, 0.3) is 0 Å². The van der Waals surface area contributed by atoms with Crippen molar-refractivity contribution in [2.75, 3.05) is 32.8 Å². The van der Waals surface area contributed by atoms with Crippen molar-refractivity contribution >= 4 is 5.97 Å². The van der Waals surface area contributed by atoms with E-state index >= 15 is 0 Å². The largest absolute Gasteiger partial charge is 0.465 e. The smallest absolute Gasteiger partial charge is 0.323 e. The number of ether oxygens (including phenoxy) is 2. The molecule has 1 rings (SSSR count). The van der Waals surface area contributed by atoms with Gasteiger partial charge in [0.1, 0.15) is 6.04 Å². The fourth-order valence-electron chi connectivity index (χ4n) is 2.68. The number of hydrogen-bond donors (Lipinski definition) is 1. The Kier molecular flexibility index (Phi) is 8.88. The maximum atomic E-state index is 12.0. The van der Waals surface area contributed by atoms with E-state index in [1.54, 1.807) is 0 Å². The first-order valence-electron chi connectivity index (χ1n) is 8.33. The summed E-state index contributed by atoms with van der Waals surface area (Å²) in [7, 11) is 0. The summed E-state index contributed by atoms with van der Waals surface area (Å²) < 4.78 is 10.9. The lowest BCUT2D eigenvalue weighted by Gasteiger charge is -2.26. The van der Waals surface area contributed by atoms with Crippen LogP contribution in [0.2, 0.25) is 0 Å². The Labute approximate surface area is 129 Å². The van der Waals surface area contributed by atoms with Gasteiger partial charge < -0.3 is 19.7 Å². The zero-order chi connectivity index (χ0) is 15.7. The first-order chi connectivity index (χ1) is 10.1. The summed E-state index contributed by atoms with van der Waals surface area (Å²) in [5.41, 5.74) is 0. The average molecular weight is 300 g/mol. The molecule has 1 fully saturated rings. The van der Waals surface area contributed by atoms with Crippen LogP contribution in [0.5, 0.6) is 0 Å². The van der Waals surface area contributed by atoms with Gasteiger partial charge in [-0.25, -0.2) is 0 Å². The van der Waals surface area contributed by atoms with E-state index < -0.39 is 0 Å². The highest BCUT2D eigenvalue weighted by Gasteiger charge is 2.23. The summed E-state index contributed by atoms with van der Waals surface area (Å²) in [6, 6.07) is 0.0520. The molecule has 1 aliphatic rings. The van der Waals surface area contributed by atoms with Gasteiger partial charge in [0.05, 0.1) is 12.7 Å². The van der Waals surface area contributed by atoms with Crippen molar-refractivity contribution < 1.29 is 14.3 Å². The molecule has 0 aromatic carbocycles. The summed E-state index contributed by atoms with van der Waals surface area (Å²) in [4.78, 5) is 14.4. The quantitative estimate of drug-likeness (QED) is 0.624. The van der Waals surface area contributed by atoms with E-state index in [2.05, 4.69) is 31.0 Å². The zero-order valence-corrected chi connectivity index (χ0v) is 14.1. The van der Waals surface area contributed by atoms with Gasteiger partial charge >= 0.3 is 5.97 Å². The highest BCUT2D eigenvalue weighted by atomic mass is 16.5. The van der Waals surface area contributed by atoms with Crippen LogP contribution in [0.1, 0.15) is 47.0 Å². The van der Waals surface area contributed by atoms with Gasteiger partial charge in [0.15, 0.2) is 0 Å². The van der Waals surface area contributed by atoms with E-state index in [-0.39, 0.29) is 18.1 Å². The van der Waals surface area contributed by atoms with Crippen LogP contribution in [0, 0.1) is 0 Å². The molecular formula is C16H32N2O3. The number of carbonyl (C=O) groups excluding carboxylic acids is 1. The number of nitrogens with one attached hydrogen (secondary N) is 1. The standard InChI is InChI=1S/C16H32N2O3/c1-5-18(12-14-8-7-11-21-14)10-9-15(17-13(3)4)16(19)20-6-2/h13-15,17H,5-12H2,1-4H3. The minimum absolute atomic E-state index is 0.139. The average Bonchev–Trinajstić information content (AvgIpc) is 2.94. The number of esters is 1. The van der Waals surface area contributed by atoms with Crippen molar-refractivity contribution in [1.29, 1.82) is 0 Å². The van der Waals surface area contributed by atoms with Crippen molar-refractivity contribution in [3.8, 4) is 0 Å². The topological polar surface area (TPSA) is 50.8 Å². The summed E-state index contributed by atoms with van der Waals surface area (Å²) >= 11 is 0. The lowest BCUT2D eigenvalue weighted by atomic mass is 10.1. The van der Waals surface area contributed by atoms with Gasteiger partial charge in [-0.2, -0.15) is 0 Å². The maximum Gasteiger partial charge on any atom is 0.323 e. The van der Waals surface area contributed by atoms with Gasteiger partial charge in [-0.3, -0.25) is 4.79 Å². The summed E-state index contributed by atoms with van der Waals surface area (Å²) in [6.07, 6.45) is 3.46. The van der Waals surface area contributed by atoms with E-state index in [1.165, 1.54) is 6.42 Å². The second kappa shape index (κ2) is 10.1. The Bertz CT molecular complexity index is 291. The van der Waals surface area contributed by atoms with E-state index in [1.807, 2.05) is 6.92 Å². The molecule has 124 valence electrons. The fraction of sp³-hybridized carbons (Fsp3) is 0.938. The predicted molar refractivity (Wildman–Crippen MR) is 84.4 cm³/mol. The third-order valence-corrected chi connectivity index (χ3v) is 3.77. The number of hydrogen-bond acceptors (Lipinski definition) is 5. The number of likely N-dealkylation sites (N-methyl/N-ethyl adjacent to an activating group) is 1. The van der Waals surface area contributed by atoms with Gasteiger partial charge in [-0.05, 0) is 32.7 Å². The molecule has 2 atom stereocenters. The molecule has 0 bridgehead atoms. The molecule has 0 aromatic heterocycles. The molecule has 2 unspecified atom stereocenters. The molecule has 0 aromatic rings. The molecule has 21 heavy (non-hydrogen) atoms. The van der Waals surface area contributed by atoms with Gasteiger partial charge in [-0.1, -0.05) is 20.8 Å². The minimum atomic E-state index is -0.219. The Hall–Kier alpha value is -0.650. The molecule has 1 aliphatic heterocycles. The van der Waals surface area contributed by atoms with Crippen LogP contribution < -0.4 is 5.32 Å². The lowest BCUT2D eigenvalue weighted by Crippen LogP contribution is -2.44. The summed E-state index contributed by atoms with van der Waals surface area (Å²) in [6.45, 7) is 12.3. The Morgan fingerprint density at radius 1 is 1.43 bits per heavy atom. The van der Waals surface area contributed by atoms with Crippen LogP contribution in [0.15, 0.2) is 0 Å². The third kappa shape index (κ3) is 7.25. The first kappa shape index (κ1) is 18.4. The van der Waals surface area contributed by atoms with Crippen LogP contribution >= 0.6 is 0 Å². The monoisotopic (exact) mass is 300 g/mol. The predicted octanol–water partition coefficient (Wildman–Crippen LogP) is 1.81. The number of carbonyl (C=O) groups is 1. The molecular weight excluding hydrogens is 268 g/mol. The molecule has 5 heteroatoms. The second-order valence-electron chi connectivity index (χ2n) is 5.94. The SMILES string of the molecule is CCOC(=O)C(CCN(CC)CC1CCCO1)NC(C)C. The molecule has 0 spiro atoms. The van der Waals surface area contributed by atoms with Crippen molar-refractivity contribution in [1.82, 2.24) is 10.2 Å². The molecule has 1 heterocycles. The molecule has 0 amide bonds. The molecule has 0 aliphatic carbocycles. The third-order valence-electron chi connectivity index (χ3n) is 3.77. The van der Waals surface area contributed by atoms with Gasteiger partial charge in [-0.15, -0.1) is 0 Å².